The topological polar surface area (TPSA) is 139 Å². The fourth-order valence-electron chi connectivity index (χ4n) is 4.85. The number of nitrogens with one attached hydrogen (secondary N) is 2. The lowest BCUT2D eigenvalue weighted by molar-refractivity contribution is -0.129. The molecular weight excluding hydrogens is 520 g/mol. The van der Waals surface area contributed by atoms with Crippen LogP contribution in [0.4, 0.5) is 0 Å². The number of Topliss-reactive ketones (excluding diaryl/α,β-unsaturated/α-hetero) is 1. The Labute approximate surface area is 228 Å². The summed E-state index contributed by atoms with van der Waals surface area (Å²) in [5.41, 5.74) is 1.25. The molecule has 4 rings (SSSR count). The number of rotatable bonds is 8. The number of aryl methyl sites for hydroxylation is 1. The van der Waals surface area contributed by atoms with Gasteiger partial charge in [0, 0.05) is 23.7 Å². The van der Waals surface area contributed by atoms with E-state index in [1.165, 1.54) is 12.3 Å². The van der Waals surface area contributed by atoms with Crippen LogP contribution in [0.2, 0.25) is 0 Å². The van der Waals surface area contributed by atoms with Gasteiger partial charge in [-0.1, -0.05) is 45.0 Å². The molecule has 3 aromatic rings. The molecular formula is C28H34N4O6S. The molecule has 39 heavy (non-hydrogen) atoms. The number of amides is 2. The third kappa shape index (κ3) is 6.36. The summed E-state index contributed by atoms with van der Waals surface area (Å²) in [7, 11) is -3.98. The van der Waals surface area contributed by atoms with Gasteiger partial charge in [-0.25, -0.2) is 13.4 Å². The Morgan fingerprint density at radius 1 is 1.15 bits per heavy atom. The number of aromatic nitrogens is 1. The van der Waals surface area contributed by atoms with Gasteiger partial charge in [0.25, 0.3) is 15.9 Å². The molecule has 3 atom stereocenters. The van der Waals surface area contributed by atoms with Crippen molar-refractivity contribution in [3.63, 3.8) is 0 Å². The highest BCUT2D eigenvalue weighted by Crippen LogP contribution is 2.25. The lowest BCUT2D eigenvalue weighted by atomic mass is 9.98. The van der Waals surface area contributed by atoms with Crippen LogP contribution in [0.15, 0.2) is 58.1 Å². The fourth-order valence-corrected chi connectivity index (χ4v) is 6.31. The number of hydrogen-bond acceptors (Lipinski definition) is 7. The summed E-state index contributed by atoms with van der Waals surface area (Å²) in [6, 6.07) is 10.1. The summed E-state index contributed by atoms with van der Waals surface area (Å²) < 4.78 is 33.1. The van der Waals surface area contributed by atoms with Crippen molar-refractivity contribution in [2.45, 2.75) is 57.6 Å². The standard InChI is InChI=1S/C28H34N4O6S/c1-17(2)13-22(31-28(35)26-19(4)20-9-5-6-10-24(20)38-26)27(34)30-21-14-18(3)15-32(16-23(21)33)39(36,37)25-11-7-8-12-29-25/h5-12,17-18,21-22H,13-16H2,1-4H3,(H,30,34)(H,31,35)/t18-,21-,22+/m1/s1. The van der Waals surface area contributed by atoms with Crippen LogP contribution in [0.3, 0.4) is 0 Å². The third-order valence-corrected chi connectivity index (χ3v) is 8.54. The van der Waals surface area contributed by atoms with E-state index in [0.29, 0.717) is 17.6 Å². The zero-order valence-electron chi connectivity index (χ0n) is 22.5. The number of hydrogen-bond donors (Lipinski definition) is 2. The third-order valence-electron chi connectivity index (χ3n) is 6.81. The number of benzene rings is 1. The second kappa shape index (κ2) is 11.7. The minimum atomic E-state index is -3.98. The molecule has 0 spiro atoms. The first-order valence-electron chi connectivity index (χ1n) is 13.0. The fraction of sp³-hybridized carbons (Fsp3) is 0.429. The first-order chi connectivity index (χ1) is 18.5. The summed E-state index contributed by atoms with van der Waals surface area (Å²) in [6.07, 6.45) is 1.99. The molecule has 2 amide bonds. The minimum Gasteiger partial charge on any atom is -0.451 e. The first kappa shape index (κ1) is 28.4. The second-order valence-electron chi connectivity index (χ2n) is 10.5. The number of carbonyl (C=O) groups is 3. The van der Waals surface area contributed by atoms with Gasteiger partial charge in [-0.2, -0.15) is 4.31 Å². The maximum Gasteiger partial charge on any atom is 0.287 e. The molecule has 2 aromatic heterocycles. The van der Waals surface area contributed by atoms with Crippen LogP contribution in [0.25, 0.3) is 11.0 Å². The molecule has 1 fully saturated rings. The van der Waals surface area contributed by atoms with Crippen molar-refractivity contribution in [3.8, 4) is 0 Å². The highest BCUT2D eigenvalue weighted by atomic mass is 32.2. The highest BCUT2D eigenvalue weighted by molar-refractivity contribution is 7.89. The number of nitrogens with zero attached hydrogens (tertiary/aromatic N) is 2. The molecule has 2 N–H and O–H groups in total. The summed E-state index contributed by atoms with van der Waals surface area (Å²) in [5, 5.41) is 6.25. The first-order valence-corrected chi connectivity index (χ1v) is 14.4. The molecule has 1 saturated heterocycles. The van der Waals surface area contributed by atoms with Crippen molar-refractivity contribution in [2.75, 3.05) is 13.1 Å². The number of fused-ring (bicyclic) bond motifs is 1. The van der Waals surface area contributed by atoms with Gasteiger partial charge in [0.2, 0.25) is 5.91 Å². The predicted octanol–water partition coefficient (Wildman–Crippen LogP) is 3.07. The van der Waals surface area contributed by atoms with Crippen molar-refractivity contribution in [1.29, 1.82) is 0 Å². The van der Waals surface area contributed by atoms with Crippen LogP contribution in [-0.4, -0.2) is 60.5 Å². The Morgan fingerprint density at radius 2 is 1.87 bits per heavy atom. The Bertz CT molecular complexity index is 1470. The minimum absolute atomic E-state index is 0.0700. The van der Waals surface area contributed by atoms with E-state index in [9.17, 15) is 22.8 Å². The van der Waals surface area contributed by atoms with Gasteiger partial charge in [-0.15, -0.1) is 0 Å². The largest absolute Gasteiger partial charge is 0.451 e. The highest BCUT2D eigenvalue weighted by Gasteiger charge is 2.37. The molecule has 0 radical (unpaired) electrons. The van der Waals surface area contributed by atoms with Crippen molar-refractivity contribution in [1.82, 2.24) is 19.9 Å². The summed E-state index contributed by atoms with van der Waals surface area (Å²) in [4.78, 5) is 43.6. The number of pyridine rings is 1. The van der Waals surface area contributed by atoms with E-state index in [4.69, 9.17) is 4.42 Å². The normalized spacial score (nSPS) is 19.6. The van der Waals surface area contributed by atoms with Crippen LogP contribution >= 0.6 is 0 Å². The molecule has 1 aliphatic heterocycles. The van der Waals surface area contributed by atoms with Gasteiger partial charge in [-0.3, -0.25) is 14.4 Å². The Balaban J connectivity index is 1.49. The quantitative estimate of drug-likeness (QED) is 0.436. The zero-order chi connectivity index (χ0) is 28.3. The Hall–Kier alpha value is -3.57. The van der Waals surface area contributed by atoms with E-state index < -0.39 is 39.7 Å². The average Bonchev–Trinajstić information content (AvgIpc) is 3.16. The average molecular weight is 555 g/mol. The van der Waals surface area contributed by atoms with E-state index in [2.05, 4.69) is 15.6 Å². The van der Waals surface area contributed by atoms with Crippen LogP contribution < -0.4 is 10.6 Å². The molecule has 0 aliphatic carbocycles. The van der Waals surface area contributed by atoms with Crippen LogP contribution in [0.1, 0.15) is 49.7 Å². The molecule has 3 heterocycles. The smallest absolute Gasteiger partial charge is 0.287 e. The van der Waals surface area contributed by atoms with Gasteiger partial charge in [0.1, 0.15) is 11.6 Å². The predicted molar refractivity (Wildman–Crippen MR) is 145 cm³/mol. The molecule has 0 unspecified atom stereocenters. The van der Waals surface area contributed by atoms with Crippen LogP contribution in [0, 0.1) is 18.8 Å². The van der Waals surface area contributed by atoms with E-state index in [-0.39, 0.29) is 42.1 Å². The summed E-state index contributed by atoms with van der Waals surface area (Å²) in [5.74, 6) is -1.45. The monoisotopic (exact) mass is 554 g/mol. The number of carbonyl (C=O) groups excluding carboxylic acids is 3. The summed E-state index contributed by atoms with van der Waals surface area (Å²) >= 11 is 0. The molecule has 0 bridgehead atoms. The van der Waals surface area contributed by atoms with Crippen molar-refractivity contribution >= 4 is 38.6 Å². The Morgan fingerprint density at radius 3 is 2.54 bits per heavy atom. The van der Waals surface area contributed by atoms with Crippen molar-refractivity contribution in [3.05, 3.63) is 60.0 Å². The van der Waals surface area contributed by atoms with Gasteiger partial charge in [0.15, 0.2) is 16.6 Å². The lowest BCUT2D eigenvalue weighted by Gasteiger charge is -2.23. The summed E-state index contributed by atoms with van der Waals surface area (Å²) in [6.45, 7) is 7.21. The van der Waals surface area contributed by atoms with Crippen LogP contribution in [-0.2, 0) is 19.6 Å². The van der Waals surface area contributed by atoms with Crippen molar-refractivity contribution < 1.29 is 27.2 Å². The second-order valence-corrected chi connectivity index (χ2v) is 12.4. The molecule has 10 nitrogen and oxygen atoms in total. The van der Waals surface area contributed by atoms with E-state index in [0.717, 1.165) is 9.69 Å². The SMILES string of the molecule is Cc1c(C(=O)N[C@@H](CC(C)C)C(=O)N[C@@H]2C[C@@H](C)CN(S(=O)(=O)c3ccccn3)CC2=O)oc2ccccc12. The number of ketones is 1. The lowest BCUT2D eigenvalue weighted by Crippen LogP contribution is -2.52. The van der Waals surface area contributed by atoms with Crippen molar-refractivity contribution in [2.24, 2.45) is 11.8 Å². The number of sulfonamides is 1. The van der Waals surface area contributed by atoms with E-state index in [1.807, 2.05) is 39.0 Å². The number of furan rings is 1. The van der Waals surface area contributed by atoms with Gasteiger partial charge >= 0.3 is 0 Å². The van der Waals surface area contributed by atoms with Gasteiger partial charge in [0.05, 0.1) is 12.6 Å². The molecule has 11 heteroatoms. The van der Waals surface area contributed by atoms with Gasteiger partial charge in [-0.05, 0) is 49.8 Å². The van der Waals surface area contributed by atoms with E-state index in [1.54, 1.807) is 25.1 Å². The molecule has 1 aromatic carbocycles. The van der Waals surface area contributed by atoms with E-state index >= 15 is 0 Å². The zero-order valence-corrected chi connectivity index (χ0v) is 23.3. The maximum absolute atomic E-state index is 13.4. The molecule has 208 valence electrons. The maximum atomic E-state index is 13.4. The van der Waals surface area contributed by atoms with Crippen LogP contribution in [0.5, 0.6) is 0 Å². The molecule has 0 saturated carbocycles. The van der Waals surface area contributed by atoms with Gasteiger partial charge < -0.3 is 15.1 Å². The number of para-hydroxylation sites is 1. The Kier molecular flexibility index (Phi) is 8.51. The molecule has 1 aliphatic rings.